The monoisotopic (exact) mass is 584 g/mol. The van der Waals surface area contributed by atoms with Crippen LogP contribution in [-0.4, -0.2) is 60.2 Å². The maximum Gasteiger partial charge on any atom is 0.166 e. The molecule has 1 aliphatic rings. The van der Waals surface area contributed by atoms with Crippen molar-refractivity contribution in [3.63, 3.8) is 0 Å². The van der Waals surface area contributed by atoms with Crippen LogP contribution in [-0.2, 0) is 19.3 Å². The molecule has 0 radical (unpaired) electrons. The Balaban J connectivity index is 1.28. The summed E-state index contributed by atoms with van der Waals surface area (Å²) >= 11 is 0. The van der Waals surface area contributed by atoms with E-state index in [0.29, 0.717) is 56.6 Å². The van der Waals surface area contributed by atoms with Crippen LogP contribution in [0.25, 0.3) is 0 Å². The van der Waals surface area contributed by atoms with E-state index in [2.05, 4.69) is 10.2 Å². The van der Waals surface area contributed by atoms with Crippen LogP contribution in [0.2, 0.25) is 0 Å². The second kappa shape index (κ2) is 14.5. The zero-order valence-electron chi connectivity index (χ0n) is 24.2. The molecule has 1 heterocycles. The Bertz CT molecular complexity index is 1410. The number of halogens is 2. The van der Waals surface area contributed by atoms with Gasteiger partial charge in [0.05, 0.1) is 5.56 Å². The van der Waals surface area contributed by atoms with E-state index in [9.17, 15) is 18.7 Å². The van der Waals surface area contributed by atoms with Gasteiger partial charge in [-0.3, -0.25) is 9.69 Å². The number of aliphatic hydroxyl groups is 1. The molecule has 4 aromatic carbocycles. The molecule has 1 aliphatic heterocycles. The molecule has 0 saturated carbocycles. The normalized spacial score (nSPS) is 15.6. The quantitative estimate of drug-likeness (QED) is 0.199. The molecule has 0 amide bonds. The van der Waals surface area contributed by atoms with Gasteiger partial charge in [-0.1, -0.05) is 66.7 Å². The van der Waals surface area contributed by atoms with Gasteiger partial charge in [0.25, 0.3) is 0 Å². The largest absolute Gasteiger partial charge is 0.490 e. The average molecular weight is 585 g/mol. The van der Waals surface area contributed by atoms with Gasteiger partial charge < -0.3 is 15.2 Å². The van der Waals surface area contributed by atoms with Crippen molar-refractivity contribution in [3.8, 4) is 5.75 Å². The highest BCUT2D eigenvalue weighted by atomic mass is 19.1. The first-order chi connectivity index (χ1) is 20.9. The number of benzene rings is 4. The summed E-state index contributed by atoms with van der Waals surface area (Å²) in [6, 6.07) is 30.1. The highest BCUT2D eigenvalue weighted by Gasteiger charge is 2.40. The number of β-amino-alcohol motifs (C(OH)–C–C–N with tert-alkyl or cyclic N) is 1. The smallest absolute Gasteiger partial charge is 0.166 e. The number of carbonyl (C=O) groups is 1. The van der Waals surface area contributed by atoms with Crippen LogP contribution < -0.4 is 10.1 Å². The van der Waals surface area contributed by atoms with Gasteiger partial charge in [-0.05, 0) is 72.4 Å². The lowest BCUT2D eigenvalue weighted by molar-refractivity contribution is -0.000143. The van der Waals surface area contributed by atoms with Crippen molar-refractivity contribution in [3.05, 3.63) is 137 Å². The Morgan fingerprint density at radius 2 is 1.44 bits per heavy atom. The molecule has 5 rings (SSSR count). The summed E-state index contributed by atoms with van der Waals surface area (Å²) < 4.78 is 33.4. The summed E-state index contributed by atoms with van der Waals surface area (Å²) in [5.74, 6) is -0.125. The Kier molecular flexibility index (Phi) is 10.3. The standard InChI is InChI=1S/C36H38F2N2O3/c37-30-15-10-28(11-16-30)22-36(23-29-12-17-31(38)18-13-29)26-39-20-21-40(36)24-32(41)25-43-35-9-5-4-8-33(35)34(42)19-14-27-6-2-1-3-7-27/h1-13,15-18,32,39,41H,14,19-26H2. The first-order valence-corrected chi connectivity index (χ1v) is 14.8. The van der Waals surface area contributed by atoms with Crippen molar-refractivity contribution >= 4 is 5.78 Å². The van der Waals surface area contributed by atoms with Gasteiger partial charge in [0, 0.05) is 38.1 Å². The Labute approximate surface area is 252 Å². The second-order valence-electron chi connectivity index (χ2n) is 11.3. The maximum atomic E-state index is 13.7. The van der Waals surface area contributed by atoms with E-state index in [1.165, 1.54) is 24.3 Å². The fourth-order valence-electron chi connectivity index (χ4n) is 5.90. The number of hydrogen-bond donors (Lipinski definition) is 2. The summed E-state index contributed by atoms with van der Waals surface area (Å²) in [5.41, 5.74) is 3.12. The number of carbonyl (C=O) groups excluding carboxylic acids is 1. The molecule has 4 aromatic rings. The summed E-state index contributed by atoms with van der Waals surface area (Å²) in [7, 11) is 0. The number of para-hydroxylation sites is 1. The number of hydrogen-bond acceptors (Lipinski definition) is 5. The number of rotatable bonds is 13. The SMILES string of the molecule is O=C(CCc1ccccc1)c1ccccc1OCC(O)CN1CCNCC1(Cc1ccc(F)cc1)Cc1ccc(F)cc1. The van der Waals surface area contributed by atoms with E-state index >= 15 is 0 Å². The van der Waals surface area contributed by atoms with Crippen molar-refractivity contribution in [2.45, 2.75) is 37.3 Å². The van der Waals surface area contributed by atoms with E-state index in [0.717, 1.165) is 23.2 Å². The molecule has 224 valence electrons. The van der Waals surface area contributed by atoms with Crippen molar-refractivity contribution in [1.29, 1.82) is 0 Å². The lowest BCUT2D eigenvalue weighted by atomic mass is 9.81. The Hall–Kier alpha value is -3.91. The summed E-state index contributed by atoms with van der Waals surface area (Å²) in [4.78, 5) is 15.3. The average Bonchev–Trinajstić information content (AvgIpc) is 3.03. The van der Waals surface area contributed by atoms with Crippen LogP contribution in [0.15, 0.2) is 103 Å². The third-order valence-electron chi connectivity index (χ3n) is 8.11. The number of Topliss-reactive ketones (excluding diaryl/α,β-unsaturated/α-hetero) is 1. The van der Waals surface area contributed by atoms with Gasteiger partial charge in [0.2, 0.25) is 0 Å². The number of nitrogens with zero attached hydrogens (tertiary/aromatic N) is 1. The van der Waals surface area contributed by atoms with E-state index in [4.69, 9.17) is 4.74 Å². The predicted molar refractivity (Wildman–Crippen MR) is 164 cm³/mol. The van der Waals surface area contributed by atoms with E-state index < -0.39 is 11.6 Å². The van der Waals surface area contributed by atoms with Crippen LogP contribution in [0.3, 0.4) is 0 Å². The highest BCUT2D eigenvalue weighted by molar-refractivity contribution is 5.98. The second-order valence-corrected chi connectivity index (χ2v) is 11.3. The summed E-state index contributed by atoms with van der Waals surface area (Å²) in [5, 5.41) is 14.7. The van der Waals surface area contributed by atoms with Crippen LogP contribution in [0.1, 0.15) is 33.5 Å². The van der Waals surface area contributed by atoms with Crippen molar-refractivity contribution in [2.75, 3.05) is 32.8 Å². The first kappa shape index (κ1) is 30.5. The number of piperazine rings is 1. The van der Waals surface area contributed by atoms with Gasteiger partial charge in [0.15, 0.2) is 5.78 Å². The number of aliphatic hydroxyl groups excluding tert-OH is 1. The van der Waals surface area contributed by atoms with E-state index in [1.54, 1.807) is 36.4 Å². The summed E-state index contributed by atoms with van der Waals surface area (Å²) in [6.07, 6.45) is 1.41. The predicted octanol–water partition coefficient (Wildman–Crippen LogP) is 5.65. The molecule has 2 N–H and O–H groups in total. The van der Waals surface area contributed by atoms with Gasteiger partial charge in [-0.15, -0.1) is 0 Å². The number of ether oxygens (including phenoxy) is 1. The Morgan fingerprint density at radius 3 is 2.09 bits per heavy atom. The Morgan fingerprint density at radius 1 is 0.837 bits per heavy atom. The third kappa shape index (κ3) is 8.35. The minimum atomic E-state index is -0.827. The van der Waals surface area contributed by atoms with Crippen LogP contribution in [0, 0.1) is 11.6 Å². The number of ketones is 1. The molecular formula is C36H38F2N2O3. The molecule has 0 aliphatic carbocycles. The van der Waals surface area contributed by atoms with Crippen LogP contribution >= 0.6 is 0 Å². The molecule has 1 unspecified atom stereocenters. The van der Waals surface area contributed by atoms with E-state index in [-0.39, 0.29) is 24.0 Å². The number of aryl methyl sites for hydroxylation is 1. The lowest BCUT2D eigenvalue weighted by Gasteiger charge is -2.49. The molecule has 1 fully saturated rings. The van der Waals surface area contributed by atoms with Crippen LogP contribution in [0.5, 0.6) is 5.75 Å². The minimum Gasteiger partial charge on any atom is -0.490 e. The molecule has 7 heteroatoms. The molecule has 0 aromatic heterocycles. The molecule has 1 saturated heterocycles. The number of nitrogens with one attached hydrogen (secondary N) is 1. The lowest BCUT2D eigenvalue weighted by Crippen LogP contribution is -2.65. The maximum absolute atomic E-state index is 13.7. The minimum absolute atomic E-state index is 0.00587. The van der Waals surface area contributed by atoms with Crippen molar-refractivity contribution < 1.29 is 23.4 Å². The topological polar surface area (TPSA) is 61.8 Å². The zero-order valence-corrected chi connectivity index (χ0v) is 24.2. The van der Waals surface area contributed by atoms with E-state index in [1.807, 2.05) is 42.5 Å². The first-order valence-electron chi connectivity index (χ1n) is 14.8. The van der Waals surface area contributed by atoms with Gasteiger partial charge >= 0.3 is 0 Å². The molecule has 0 spiro atoms. The highest BCUT2D eigenvalue weighted by Crippen LogP contribution is 2.29. The molecular weight excluding hydrogens is 546 g/mol. The fourth-order valence-corrected chi connectivity index (χ4v) is 5.90. The third-order valence-corrected chi connectivity index (χ3v) is 8.11. The zero-order chi connectivity index (χ0) is 30.1. The molecule has 1 atom stereocenters. The van der Waals surface area contributed by atoms with Crippen molar-refractivity contribution in [1.82, 2.24) is 10.2 Å². The van der Waals surface area contributed by atoms with Crippen LogP contribution in [0.4, 0.5) is 8.78 Å². The van der Waals surface area contributed by atoms with Gasteiger partial charge in [-0.2, -0.15) is 0 Å². The van der Waals surface area contributed by atoms with Gasteiger partial charge in [0.1, 0.15) is 30.1 Å². The summed E-state index contributed by atoms with van der Waals surface area (Å²) in [6.45, 7) is 2.45. The fraction of sp³-hybridized carbons (Fsp3) is 0.306. The molecule has 5 nitrogen and oxygen atoms in total. The van der Waals surface area contributed by atoms with Crippen molar-refractivity contribution in [2.24, 2.45) is 0 Å². The molecule has 43 heavy (non-hydrogen) atoms. The van der Waals surface area contributed by atoms with Gasteiger partial charge in [-0.25, -0.2) is 8.78 Å². The molecule has 0 bridgehead atoms.